The van der Waals surface area contributed by atoms with Crippen LogP contribution in [0.2, 0.25) is 9.36 Å². The first-order chi connectivity index (χ1) is 14.2. The van der Waals surface area contributed by atoms with Crippen molar-refractivity contribution in [2.24, 2.45) is 0 Å². The zero-order valence-corrected chi connectivity index (χ0v) is 29.9. The van der Waals surface area contributed by atoms with Gasteiger partial charge in [0.1, 0.15) is 0 Å². The second kappa shape index (κ2) is 7.45. The van der Waals surface area contributed by atoms with Crippen LogP contribution in [-0.4, -0.2) is 38.7 Å². The normalized spacial score (nSPS) is 26.6. The van der Waals surface area contributed by atoms with Crippen LogP contribution < -0.4 is 0 Å². The molecule has 0 nitrogen and oxygen atoms in total. The SMILES string of the molecule is CC1=Cc2c(C)cccc2[CH]1[Hf]([CH3])([CH3])([CH]1C(C)=Cc2c(C)cccc21)=[Si]1[SiH2][SiH2][SiH2][SiH2]1. The van der Waals surface area contributed by atoms with Crippen LogP contribution in [0.4, 0.5) is 0 Å². The monoisotopic (exact) mass is 644 g/mol. The first kappa shape index (κ1) is 21.7. The Hall–Kier alpha value is -0.125. The van der Waals surface area contributed by atoms with Crippen LogP contribution in [0, 0.1) is 13.8 Å². The van der Waals surface area contributed by atoms with Gasteiger partial charge in [0, 0.05) is 0 Å². The van der Waals surface area contributed by atoms with Crippen LogP contribution in [0.25, 0.3) is 12.2 Å². The third kappa shape index (κ3) is 2.93. The number of benzene rings is 2. The molecule has 30 heavy (non-hydrogen) atoms. The second-order valence-electron chi connectivity index (χ2n) is 11.2. The Morgan fingerprint density at radius 2 is 1.13 bits per heavy atom. The maximum absolute atomic E-state index is 3.34. The van der Waals surface area contributed by atoms with Crippen molar-refractivity contribution < 1.29 is 17.1 Å². The first-order valence-electron chi connectivity index (χ1n) is 11.8. The quantitative estimate of drug-likeness (QED) is 0.442. The Morgan fingerprint density at radius 3 is 1.57 bits per heavy atom. The minimum atomic E-state index is -3.34. The Morgan fingerprint density at radius 1 is 0.700 bits per heavy atom. The van der Waals surface area contributed by atoms with Crippen molar-refractivity contribution >= 4 is 50.9 Å². The van der Waals surface area contributed by atoms with E-state index in [2.05, 4.69) is 85.6 Å². The van der Waals surface area contributed by atoms with E-state index in [1.165, 1.54) is 11.1 Å². The molecule has 156 valence electrons. The Balaban J connectivity index is 1.86. The van der Waals surface area contributed by atoms with E-state index in [1.54, 1.807) is 33.4 Å². The fraction of sp³-hybridized carbons (Fsp3) is 0.333. The van der Waals surface area contributed by atoms with Gasteiger partial charge in [0.05, 0.1) is 0 Å². The molecule has 0 amide bonds. The first-order valence-corrected chi connectivity index (χ1v) is 46.7. The molecule has 0 spiro atoms. The van der Waals surface area contributed by atoms with Crippen molar-refractivity contribution in [2.75, 3.05) is 0 Å². The van der Waals surface area contributed by atoms with E-state index in [4.69, 9.17) is 0 Å². The summed E-state index contributed by atoms with van der Waals surface area (Å²) in [6.45, 7) is 9.72. The van der Waals surface area contributed by atoms with Crippen LogP contribution in [0.1, 0.15) is 54.6 Å². The molecule has 2 unspecified atom stereocenters. The predicted octanol–water partition coefficient (Wildman–Crippen LogP) is 3.12. The summed E-state index contributed by atoms with van der Waals surface area (Å²) in [5, 5.41) is 0. The molecule has 1 heterocycles. The maximum atomic E-state index is 3.04. The van der Waals surface area contributed by atoms with Crippen LogP contribution in [-0.2, 0) is 17.1 Å². The van der Waals surface area contributed by atoms with Gasteiger partial charge in [-0.15, -0.1) is 0 Å². The fourth-order valence-electron chi connectivity index (χ4n) is 7.94. The van der Waals surface area contributed by atoms with E-state index >= 15 is 0 Å². The molecular weight excluding hydrogens is 607 g/mol. The zero-order valence-electron chi connectivity index (χ0n) is 19.6. The topological polar surface area (TPSA) is 0 Å². The summed E-state index contributed by atoms with van der Waals surface area (Å²) in [6, 6.07) is 14.5. The van der Waals surface area contributed by atoms with E-state index in [1.807, 2.05) is 0 Å². The molecule has 1 aliphatic heterocycles. The summed E-state index contributed by atoms with van der Waals surface area (Å²) in [5.41, 5.74) is 13.3. The van der Waals surface area contributed by atoms with E-state index in [0.717, 1.165) is 7.35 Å². The predicted molar refractivity (Wildman–Crippen MR) is 147 cm³/mol. The van der Waals surface area contributed by atoms with Crippen molar-refractivity contribution in [1.82, 2.24) is 0 Å². The number of aryl methyl sites for hydroxylation is 2. The molecule has 2 atom stereocenters. The molecule has 0 aromatic heterocycles. The van der Waals surface area contributed by atoms with Gasteiger partial charge in [0.25, 0.3) is 0 Å². The molecule has 2 aromatic carbocycles. The average Bonchev–Trinajstić information content (AvgIpc) is 3.40. The third-order valence-corrected chi connectivity index (χ3v) is 245. The van der Waals surface area contributed by atoms with Gasteiger partial charge in [-0.1, -0.05) is 0 Å². The zero-order chi connectivity index (χ0) is 21.3. The van der Waals surface area contributed by atoms with Crippen molar-refractivity contribution in [2.45, 2.75) is 44.4 Å². The summed E-state index contributed by atoms with van der Waals surface area (Å²) >= 11 is -3.34. The van der Waals surface area contributed by atoms with Crippen LogP contribution in [0.5, 0.6) is 0 Å². The molecule has 0 bridgehead atoms. The Bertz CT molecular complexity index is 1130. The number of hydrogen-bond acceptors (Lipinski definition) is 0. The molecule has 2 aliphatic carbocycles. The summed E-state index contributed by atoms with van der Waals surface area (Å²) in [5.74, 6) is 0. The van der Waals surface area contributed by atoms with E-state index in [9.17, 15) is 0 Å². The molecule has 1 saturated heterocycles. The van der Waals surface area contributed by atoms with Crippen molar-refractivity contribution in [3.63, 3.8) is 0 Å². The number of fused-ring (bicyclic) bond motifs is 2. The average molecular weight is 643 g/mol. The molecule has 0 saturated carbocycles. The summed E-state index contributed by atoms with van der Waals surface area (Å²) < 4.78 is 7.81. The molecule has 5 rings (SSSR count). The standard InChI is InChI=1S/2C11H11.2CH3.Hf.H8Si5/c2*1-8-6-10-5-3-4-9(2)11(10)7-8;;;;1-2-4-5-3-1/h2*3-7H,1-2H3;2*1H3;;1-4H2. The van der Waals surface area contributed by atoms with Gasteiger partial charge in [0.15, 0.2) is 0 Å². The number of rotatable bonds is 2. The Kier molecular flexibility index (Phi) is 5.39. The van der Waals surface area contributed by atoms with E-state index < -0.39 is 17.1 Å². The molecule has 6 heteroatoms. The van der Waals surface area contributed by atoms with Gasteiger partial charge in [0.2, 0.25) is 0 Å². The summed E-state index contributed by atoms with van der Waals surface area (Å²) in [7, 11) is 1.79. The van der Waals surface area contributed by atoms with Crippen molar-refractivity contribution in [1.29, 1.82) is 0 Å². The minimum absolute atomic E-state index is 0.0519. The molecule has 2 aromatic rings. The van der Waals surface area contributed by atoms with Gasteiger partial charge in [-0.25, -0.2) is 0 Å². The van der Waals surface area contributed by atoms with Gasteiger partial charge < -0.3 is 0 Å². The number of allylic oxidation sites excluding steroid dienone is 2. The van der Waals surface area contributed by atoms with Crippen LogP contribution in [0.15, 0.2) is 47.5 Å². The van der Waals surface area contributed by atoms with E-state index in [-0.39, 0.29) is 4.53 Å². The van der Waals surface area contributed by atoms with Gasteiger partial charge in [-0.05, 0) is 0 Å². The van der Waals surface area contributed by atoms with Crippen LogP contribution >= 0.6 is 0 Å². The van der Waals surface area contributed by atoms with Gasteiger partial charge >= 0.3 is 193 Å². The molecule has 0 N–H and O–H groups in total. The molecule has 1 fully saturated rings. The summed E-state index contributed by atoms with van der Waals surface area (Å²) in [4.78, 5) is 0. The van der Waals surface area contributed by atoms with E-state index in [0.29, 0.717) is 34.2 Å². The summed E-state index contributed by atoms with van der Waals surface area (Å²) in [6.07, 6.45) is 5.25. The van der Waals surface area contributed by atoms with Gasteiger partial charge in [-0.3, -0.25) is 0 Å². The van der Waals surface area contributed by atoms with Gasteiger partial charge in [-0.2, -0.15) is 0 Å². The van der Waals surface area contributed by atoms with Crippen LogP contribution in [0.3, 0.4) is 0 Å². The Labute approximate surface area is 191 Å². The molecule has 0 radical (unpaired) electrons. The molecular formula is C24H36HfSi5. The van der Waals surface area contributed by atoms with Crippen molar-refractivity contribution in [3.8, 4) is 0 Å². The third-order valence-electron chi connectivity index (χ3n) is 9.09. The second-order valence-corrected chi connectivity index (χ2v) is 111. The fourth-order valence-corrected chi connectivity index (χ4v) is 506. The molecule has 3 aliphatic rings. The van der Waals surface area contributed by atoms with Crippen molar-refractivity contribution in [3.05, 3.63) is 80.9 Å². The number of hydrogen-bond donors (Lipinski definition) is 0.